The van der Waals surface area contributed by atoms with Crippen LogP contribution in [0.3, 0.4) is 0 Å². The van der Waals surface area contributed by atoms with E-state index >= 15 is 0 Å². The summed E-state index contributed by atoms with van der Waals surface area (Å²) in [6.45, 7) is 4.60. The number of pyridine rings is 1. The van der Waals surface area contributed by atoms with Crippen molar-refractivity contribution in [2.45, 2.75) is 104 Å². The van der Waals surface area contributed by atoms with E-state index < -0.39 is 0 Å². The molecule has 43 heavy (non-hydrogen) atoms. The van der Waals surface area contributed by atoms with Crippen LogP contribution in [0, 0.1) is 5.82 Å². The zero-order chi connectivity index (χ0) is 30.3. The summed E-state index contributed by atoms with van der Waals surface area (Å²) in [7, 11) is 0. The summed E-state index contributed by atoms with van der Waals surface area (Å²) in [6.07, 6.45) is 19.9. The van der Waals surface area contributed by atoms with E-state index in [2.05, 4.69) is 16.3 Å². The van der Waals surface area contributed by atoms with Gasteiger partial charge in [-0.2, -0.15) is 0 Å². The third-order valence-corrected chi connectivity index (χ3v) is 8.07. The van der Waals surface area contributed by atoms with Gasteiger partial charge in [-0.1, -0.05) is 102 Å². The van der Waals surface area contributed by atoms with Crippen LogP contribution in [0.4, 0.5) is 10.1 Å². The summed E-state index contributed by atoms with van der Waals surface area (Å²) in [5.41, 5.74) is 3.59. The fourth-order valence-corrected chi connectivity index (χ4v) is 5.60. The highest BCUT2D eigenvalue weighted by Crippen LogP contribution is 2.24. The highest BCUT2D eigenvalue weighted by molar-refractivity contribution is 5.91. The van der Waals surface area contributed by atoms with E-state index in [0.29, 0.717) is 13.0 Å². The molecule has 5 nitrogen and oxygen atoms in total. The van der Waals surface area contributed by atoms with Gasteiger partial charge >= 0.3 is 0 Å². The monoisotopic (exact) mass is 585 g/mol. The molecule has 230 valence electrons. The van der Waals surface area contributed by atoms with Gasteiger partial charge in [0.15, 0.2) is 11.6 Å². The molecular formula is C37H48FN3O2. The minimum Gasteiger partial charge on any atom is -0.491 e. The zero-order valence-corrected chi connectivity index (χ0v) is 26.1. The van der Waals surface area contributed by atoms with Gasteiger partial charge in [0.2, 0.25) is 5.91 Å². The second kappa shape index (κ2) is 17.4. The molecule has 2 aromatic heterocycles. The summed E-state index contributed by atoms with van der Waals surface area (Å²) < 4.78 is 22.7. The lowest BCUT2D eigenvalue weighted by Crippen LogP contribution is -2.28. The molecule has 4 aromatic rings. The van der Waals surface area contributed by atoms with Gasteiger partial charge in [0.1, 0.15) is 5.82 Å². The van der Waals surface area contributed by atoms with E-state index in [1.807, 2.05) is 60.9 Å². The van der Waals surface area contributed by atoms with Crippen LogP contribution < -0.4 is 9.64 Å². The van der Waals surface area contributed by atoms with Crippen molar-refractivity contribution in [3.8, 4) is 5.75 Å². The maximum atomic E-state index is 14.9. The number of rotatable bonds is 19. The summed E-state index contributed by atoms with van der Waals surface area (Å²) in [4.78, 5) is 18.9. The molecule has 0 N–H and O–H groups in total. The zero-order valence-electron chi connectivity index (χ0n) is 26.1. The fraction of sp³-hybridized carbons (Fsp3) is 0.459. The molecule has 0 saturated carbocycles. The third kappa shape index (κ3) is 10.2. The van der Waals surface area contributed by atoms with Crippen LogP contribution in [-0.4, -0.2) is 21.9 Å². The van der Waals surface area contributed by atoms with Gasteiger partial charge in [-0.15, -0.1) is 0 Å². The van der Waals surface area contributed by atoms with Crippen LogP contribution in [-0.2, 0) is 17.8 Å². The van der Waals surface area contributed by atoms with Crippen molar-refractivity contribution < 1.29 is 13.9 Å². The average molecular weight is 586 g/mol. The van der Waals surface area contributed by atoms with Crippen LogP contribution in [0.1, 0.15) is 108 Å². The molecule has 6 heteroatoms. The molecule has 1 amide bonds. The van der Waals surface area contributed by atoms with E-state index in [0.717, 1.165) is 41.0 Å². The first-order valence-electron chi connectivity index (χ1n) is 16.2. The lowest BCUT2D eigenvalue weighted by molar-refractivity contribution is -0.116. The number of carbonyl (C=O) groups is 1. The Hall–Kier alpha value is -3.67. The Morgan fingerprint density at radius 2 is 1.56 bits per heavy atom. The number of carbonyl (C=O) groups excluding carboxylic acids is 1. The number of hydrogen-bond donors (Lipinski definition) is 0. The molecule has 2 aromatic carbocycles. The van der Waals surface area contributed by atoms with Crippen LogP contribution in [0.25, 0.3) is 5.52 Å². The molecule has 0 aliphatic carbocycles. The second-order valence-corrected chi connectivity index (χ2v) is 11.6. The second-order valence-electron chi connectivity index (χ2n) is 11.6. The normalized spacial score (nSPS) is 11.2. The van der Waals surface area contributed by atoms with Crippen molar-refractivity contribution in [1.29, 1.82) is 0 Å². The molecule has 0 aliphatic rings. The van der Waals surface area contributed by atoms with Gasteiger partial charge in [-0.3, -0.25) is 4.79 Å². The van der Waals surface area contributed by atoms with E-state index in [-0.39, 0.29) is 24.0 Å². The lowest BCUT2D eigenvalue weighted by Gasteiger charge is -2.22. The first-order valence-corrected chi connectivity index (χ1v) is 16.2. The number of hydrogen-bond acceptors (Lipinski definition) is 3. The van der Waals surface area contributed by atoms with Crippen LogP contribution >= 0.6 is 0 Å². The van der Waals surface area contributed by atoms with Crippen molar-refractivity contribution in [2.24, 2.45) is 0 Å². The Morgan fingerprint density at radius 3 is 2.26 bits per heavy atom. The quantitative estimate of drug-likeness (QED) is 0.103. The first-order chi connectivity index (χ1) is 21.0. The largest absolute Gasteiger partial charge is 0.491 e. The highest BCUT2D eigenvalue weighted by atomic mass is 19.1. The van der Waals surface area contributed by atoms with Crippen LogP contribution in [0.2, 0.25) is 0 Å². The van der Waals surface area contributed by atoms with Crippen molar-refractivity contribution in [1.82, 2.24) is 9.38 Å². The van der Waals surface area contributed by atoms with Gasteiger partial charge < -0.3 is 14.0 Å². The molecule has 0 spiro atoms. The third-order valence-electron chi connectivity index (χ3n) is 8.07. The highest BCUT2D eigenvalue weighted by Gasteiger charge is 2.15. The SMILES string of the molecule is CCCCCCCCCCCCCCOc1ccc(CN(C(C)=O)c2cccc(Cc3ncc4ccccn34)c2)cc1F. The van der Waals surface area contributed by atoms with Gasteiger partial charge in [0.25, 0.3) is 0 Å². The number of ether oxygens (including phenoxy) is 1. The molecule has 0 bridgehead atoms. The molecule has 0 aliphatic heterocycles. The van der Waals surface area contributed by atoms with Gasteiger partial charge in [-0.25, -0.2) is 9.37 Å². The van der Waals surface area contributed by atoms with Gasteiger partial charge in [0, 0.05) is 25.2 Å². The van der Waals surface area contributed by atoms with Crippen molar-refractivity contribution in [3.05, 3.63) is 95.8 Å². The molecule has 4 rings (SSSR count). The number of imidazole rings is 1. The Balaban J connectivity index is 1.22. The van der Waals surface area contributed by atoms with Crippen molar-refractivity contribution in [3.63, 3.8) is 0 Å². The minimum atomic E-state index is -0.389. The van der Waals surface area contributed by atoms with Crippen molar-refractivity contribution in [2.75, 3.05) is 11.5 Å². The lowest BCUT2D eigenvalue weighted by atomic mass is 10.1. The number of aromatic nitrogens is 2. The van der Waals surface area contributed by atoms with Gasteiger partial charge in [-0.05, 0) is 53.9 Å². The number of anilines is 1. The number of unbranched alkanes of at least 4 members (excludes halogenated alkanes) is 11. The molecule has 0 fully saturated rings. The minimum absolute atomic E-state index is 0.101. The maximum absolute atomic E-state index is 14.9. The number of nitrogens with zero attached hydrogens (tertiary/aromatic N) is 3. The average Bonchev–Trinajstić information content (AvgIpc) is 3.41. The number of fused-ring (bicyclic) bond motifs is 1. The Bertz CT molecular complexity index is 1420. The van der Waals surface area contributed by atoms with E-state index in [1.165, 1.54) is 77.2 Å². The maximum Gasteiger partial charge on any atom is 0.224 e. The summed E-state index contributed by atoms with van der Waals surface area (Å²) >= 11 is 0. The Kier molecular flexibility index (Phi) is 13.1. The molecule has 0 unspecified atom stereocenters. The van der Waals surface area contributed by atoms with Gasteiger partial charge in [0.05, 0.1) is 24.9 Å². The molecule has 2 heterocycles. The molecule has 0 radical (unpaired) electrons. The van der Waals surface area contributed by atoms with E-state index in [1.54, 1.807) is 11.0 Å². The molecular weight excluding hydrogens is 537 g/mol. The summed E-state index contributed by atoms with van der Waals surface area (Å²) in [5.74, 6) is 0.717. The number of benzene rings is 2. The Morgan fingerprint density at radius 1 is 0.837 bits per heavy atom. The summed E-state index contributed by atoms with van der Waals surface area (Å²) in [5, 5.41) is 0. The van der Waals surface area contributed by atoms with E-state index in [4.69, 9.17) is 4.74 Å². The number of amides is 1. The first kappa shape index (κ1) is 32.2. The predicted octanol–water partition coefficient (Wildman–Crippen LogP) is 9.70. The Labute approximate surface area is 257 Å². The van der Waals surface area contributed by atoms with E-state index in [9.17, 15) is 9.18 Å². The fourth-order valence-electron chi connectivity index (χ4n) is 5.60. The number of halogens is 1. The topological polar surface area (TPSA) is 46.8 Å². The summed E-state index contributed by atoms with van der Waals surface area (Å²) in [6, 6.07) is 18.9. The predicted molar refractivity (Wildman–Crippen MR) is 174 cm³/mol. The van der Waals surface area contributed by atoms with Crippen LogP contribution in [0.15, 0.2) is 73.1 Å². The molecule has 0 atom stereocenters. The molecule has 0 saturated heterocycles. The van der Waals surface area contributed by atoms with Crippen molar-refractivity contribution >= 4 is 17.1 Å². The smallest absolute Gasteiger partial charge is 0.224 e. The standard InChI is InChI=1S/C37H48FN3O2/c1-3-4-5-6-7-8-9-10-11-12-13-16-24-43-36-22-21-32(26-35(36)38)29-41(30(2)42)33-20-17-18-31(25-33)27-37-39-28-34-19-14-15-23-40(34)37/h14-15,17-23,25-26,28H,3-13,16,24,27,29H2,1-2H3. The van der Waals surface area contributed by atoms with Crippen LogP contribution in [0.5, 0.6) is 5.75 Å².